The number of carbonyl (C=O) groups is 2. The van der Waals surface area contributed by atoms with Gasteiger partial charge in [0.05, 0.1) is 23.3 Å². The number of fused-ring (bicyclic) bond motifs is 1. The number of urea groups is 2. The Bertz CT molecular complexity index is 1370. The lowest BCUT2D eigenvalue weighted by molar-refractivity contribution is 0.196. The molecule has 1 fully saturated rings. The van der Waals surface area contributed by atoms with Crippen molar-refractivity contribution < 1.29 is 9.59 Å². The number of pyridine rings is 1. The number of nitrogens with one attached hydrogen (secondary N) is 3. The van der Waals surface area contributed by atoms with Gasteiger partial charge in [0.2, 0.25) is 5.95 Å². The van der Waals surface area contributed by atoms with Crippen LogP contribution in [0.5, 0.6) is 0 Å². The summed E-state index contributed by atoms with van der Waals surface area (Å²) in [7, 11) is 1.80. The Balaban J connectivity index is 1.49. The van der Waals surface area contributed by atoms with Crippen LogP contribution in [0.3, 0.4) is 0 Å². The fourth-order valence-electron chi connectivity index (χ4n) is 4.00. The average Bonchev–Trinajstić information content (AvgIpc) is 3.42. The number of aromatic nitrogens is 5. The van der Waals surface area contributed by atoms with Crippen LogP contribution in [-0.2, 0) is 6.54 Å². The topological polar surface area (TPSA) is 132 Å². The third-order valence-corrected chi connectivity index (χ3v) is 5.78. The minimum atomic E-state index is -0.341. The van der Waals surface area contributed by atoms with Crippen LogP contribution in [0.1, 0.15) is 12.6 Å². The van der Waals surface area contributed by atoms with Crippen LogP contribution in [0.2, 0.25) is 0 Å². The molecule has 11 nitrogen and oxygen atoms in total. The van der Waals surface area contributed by atoms with E-state index >= 15 is 0 Å². The molecule has 0 unspecified atom stereocenters. The summed E-state index contributed by atoms with van der Waals surface area (Å²) in [6, 6.07) is 9.24. The molecule has 4 heterocycles. The molecule has 1 aliphatic heterocycles. The second kappa shape index (κ2) is 9.37. The normalized spacial score (nSPS) is 13.5. The molecule has 0 radical (unpaired) electrons. The number of rotatable bonds is 6. The Morgan fingerprint density at radius 1 is 1.11 bits per heavy atom. The van der Waals surface area contributed by atoms with Gasteiger partial charge < -0.3 is 20.1 Å². The molecule has 178 valence electrons. The minimum Gasteiger partial charge on any atom is -0.338 e. The van der Waals surface area contributed by atoms with Gasteiger partial charge in [0.25, 0.3) is 0 Å². The van der Waals surface area contributed by atoms with Gasteiger partial charge in [0.15, 0.2) is 5.82 Å². The maximum Gasteiger partial charge on any atom is 0.321 e. The summed E-state index contributed by atoms with van der Waals surface area (Å²) in [6.07, 6.45) is 5.15. The Labute approximate surface area is 201 Å². The molecular formula is C24H25N9O2. The Hall–Kier alpha value is -4.54. The fourth-order valence-corrected chi connectivity index (χ4v) is 4.00. The van der Waals surface area contributed by atoms with E-state index in [1.54, 1.807) is 41.5 Å². The van der Waals surface area contributed by atoms with Crippen molar-refractivity contribution in [1.29, 1.82) is 0 Å². The molecule has 1 aliphatic rings. The van der Waals surface area contributed by atoms with E-state index in [1.165, 1.54) is 0 Å². The fraction of sp³-hybridized carbons (Fsp3) is 0.250. The van der Waals surface area contributed by atoms with Crippen molar-refractivity contribution >= 4 is 29.0 Å². The first-order valence-electron chi connectivity index (χ1n) is 11.3. The first-order valence-corrected chi connectivity index (χ1v) is 11.3. The molecule has 5 rings (SSSR count). The van der Waals surface area contributed by atoms with Gasteiger partial charge >= 0.3 is 12.1 Å². The Morgan fingerprint density at radius 2 is 1.94 bits per heavy atom. The smallest absolute Gasteiger partial charge is 0.321 e. The van der Waals surface area contributed by atoms with Gasteiger partial charge in [-0.3, -0.25) is 10.3 Å². The monoisotopic (exact) mass is 471 g/mol. The molecule has 3 aromatic heterocycles. The van der Waals surface area contributed by atoms with Gasteiger partial charge in [-0.15, -0.1) is 0 Å². The largest absolute Gasteiger partial charge is 0.338 e. The van der Waals surface area contributed by atoms with Crippen LogP contribution in [0.15, 0.2) is 48.9 Å². The number of aromatic amines is 1. The average molecular weight is 472 g/mol. The molecular weight excluding hydrogens is 446 g/mol. The third kappa shape index (κ3) is 4.60. The van der Waals surface area contributed by atoms with Gasteiger partial charge in [-0.2, -0.15) is 0 Å². The number of likely N-dealkylation sites (N-methyl/N-ethyl adjacent to an activating group) is 1. The van der Waals surface area contributed by atoms with Gasteiger partial charge in [-0.05, 0) is 36.8 Å². The molecule has 0 saturated carbocycles. The van der Waals surface area contributed by atoms with Crippen LogP contribution >= 0.6 is 0 Å². The molecule has 1 aromatic carbocycles. The van der Waals surface area contributed by atoms with Crippen LogP contribution < -0.4 is 10.6 Å². The highest BCUT2D eigenvalue weighted by Crippen LogP contribution is 2.32. The number of hydrogen-bond acceptors (Lipinski definition) is 6. The van der Waals surface area contributed by atoms with E-state index in [-0.39, 0.29) is 12.1 Å². The summed E-state index contributed by atoms with van der Waals surface area (Å²) in [5.41, 5.74) is 4.72. The van der Waals surface area contributed by atoms with Crippen molar-refractivity contribution in [3.05, 3.63) is 54.6 Å². The molecule has 4 amide bonds. The maximum absolute atomic E-state index is 12.2. The number of benzene rings is 1. The van der Waals surface area contributed by atoms with Gasteiger partial charge in [-0.1, -0.05) is 6.07 Å². The van der Waals surface area contributed by atoms with Crippen molar-refractivity contribution in [2.75, 3.05) is 32.0 Å². The summed E-state index contributed by atoms with van der Waals surface area (Å²) in [5, 5.41) is 5.40. The summed E-state index contributed by atoms with van der Waals surface area (Å²) >= 11 is 0. The second-order valence-corrected chi connectivity index (χ2v) is 8.22. The van der Waals surface area contributed by atoms with E-state index in [0.29, 0.717) is 42.4 Å². The maximum atomic E-state index is 12.2. The Kier molecular flexibility index (Phi) is 5.96. The minimum absolute atomic E-state index is 0.0180. The predicted octanol–water partition coefficient (Wildman–Crippen LogP) is 3.09. The highest BCUT2D eigenvalue weighted by molar-refractivity contribution is 5.97. The molecule has 0 bridgehead atoms. The van der Waals surface area contributed by atoms with Crippen molar-refractivity contribution in [3.8, 4) is 22.5 Å². The zero-order valence-corrected chi connectivity index (χ0v) is 19.4. The SMILES string of the molecule is CCNC(=O)Nc1nc2cc(-c3ccc(CN4CCN(C)C4=O)nc3)cc(-c3ncccn3)c2[nH]1. The Morgan fingerprint density at radius 3 is 2.63 bits per heavy atom. The zero-order chi connectivity index (χ0) is 24.4. The van der Waals surface area contributed by atoms with Crippen LogP contribution in [0.25, 0.3) is 33.5 Å². The quantitative estimate of drug-likeness (QED) is 0.396. The summed E-state index contributed by atoms with van der Waals surface area (Å²) in [6.45, 7) is 4.24. The van der Waals surface area contributed by atoms with E-state index < -0.39 is 0 Å². The van der Waals surface area contributed by atoms with Gasteiger partial charge in [0, 0.05) is 56.4 Å². The standard InChI is InChI=1S/C24H25N9O2/c1-3-25-23(34)31-22-29-19-12-16(11-18(20(19)30-22)21-26-7-4-8-27-21)15-5-6-17(28-13-15)14-33-10-9-32(2)24(33)35/h4-8,11-13H,3,9-10,14H2,1-2H3,(H3,25,29,30,31,34). The van der Waals surface area contributed by atoms with Crippen molar-refractivity contribution in [2.45, 2.75) is 13.5 Å². The molecule has 0 atom stereocenters. The molecule has 1 saturated heterocycles. The number of anilines is 1. The van der Waals surface area contributed by atoms with Crippen molar-refractivity contribution in [2.24, 2.45) is 0 Å². The molecule has 0 aliphatic carbocycles. The number of imidazole rings is 1. The van der Waals surface area contributed by atoms with E-state index in [9.17, 15) is 9.59 Å². The first kappa shape index (κ1) is 22.3. The number of hydrogen-bond donors (Lipinski definition) is 3. The molecule has 3 N–H and O–H groups in total. The van der Waals surface area contributed by atoms with Crippen LogP contribution in [0.4, 0.5) is 15.5 Å². The van der Waals surface area contributed by atoms with Crippen LogP contribution in [-0.4, -0.2) is 73.5 Å². The lowest BCUT2D eigenvalue weighted by Crippen LogP contribution is -2.29. The van der Waals surface area contributed by atoms with Crippen molar-refractivity contribution in [3.63, 3.8) is 0 Å². The predicted molar refractivity (Wildman–Crippen MR) is 131 cm³/mol. The molecule has 11 heteroatoms. The summed E-state index contributed by atoms with van der Waals surface area (Å²) in [4.78, 5) is 48.8. The summed E-state index contributed by atoms with van der Waals surface area (Å²) in [5.74, 6) is 0.864. The zero-order valence-electron chi connectivity index (χ0n) is 19.4. The lowest BCUT2D eigenvalue weighted by Gasteiger charge is -2.15. The third-order valence-electron chi connectivity index (χ3n) is 5.78. The number of carbonyl (C=O) groups excluding carboxylic acids is 2. The van der Waals surface area contributed by atoms with Gasteiger partial charge in [-0.25, -0.2) is 24.5 Å². The highest BCUT2D eigenvalue weighted by Gasteiger charge is 2.25. The lowest BCUT2D eigenvalue weighted by atomic mass is 10.0. The number of amides is 4. The second-order valence-electron chi connectivity index (χ2n) is 8.22. The summed E-state index contributed by atoms with van der Waals surface area (Å²) < 4.78 is 0. The van der Waals surface area contributed by atoms with Gasteiger partial charge in [0.1, 0.15) is 0 Å². The molecule has 0 spiro atoms. The number of nitrogens with zero attached hydrogens (tertiary/aromatic N) is 6. The van der Waals surface area contributed by atoms with E-state index in [1.807, 2.05) is 31.2 Å². The van der Waals surface area contributed by atoms with Crippen LogP contribution in [0, 0.1) is 0 Å². The highest BCUT2D eigenvalue weighted by atomic mass is 16.2. The van der Waals surface area contributed by atoms with E-state index in [2.05, 4.69) is 35.6 Å². The van der Waals surface area contributed by atoms with E-state index in [4.69, 9.17) is 0 Å². The van der Waals surface area contributed by atoms with E-state index in [0.717, 1.165) is 28.9 Å². The molecule has 4 aromatic rings. The first-order chi connectivity index (χ1) is 17.0. The number of H-pyrrole nitrogens is 1. The molecule has 35 heavy (non-hydrogen) atoms. The van der Waals surface area contributed by atoms with Crippen molar-refractivity contribution in [1.82, 2.24) is 40.0 Å².